The molecule has 0 fully saturated rings. The number of hydrogen-bond acceptors (Lipinski definition) is 5. The van der Waals surface area contributed by atoms with Gasteiger partial charge in [0.2, 0.25) is 0 Å². The Morgan fingerprint density at radius 2 is 1.68 bits per heavy atom. The van der Waals surface area contributed by atoms with Crippen LogP contribution in [0.15, 0.2) is 95.8 Å². The van der Waals surface area contributed by atoms with Gasteiger partial charge < -0.3 is 14.4 Å². The highest BCUT2D eigenvalue weighted by molar-refractivity contribution is 7.13. The van der Waals surface area contributed by atoms with E-state index in [-0.39, 0.29) is 17.6 Å². The summed E-state index contributed by atoms with van der Waals surface area (Å²) in [5, 5.41) is 0.725. The molecule has 0 aliphatic carbocycles. The molecule has 7 heteroatoms. The molecule has 0 bridgehead atoms. The van der Waals surface area contributed by atoms with E-state index >= 15 is 0 Å². The molecule has 202 valence electrons. The SMILES string of the molecule is COc1ccc(N2Cc3ccc(Cn4sc5ccccc5c4=O)cc3C2=O)cc1OC(C)CCc1ccccc1. The predicted molar refractivity (Wildman–Crippen MR) is 160 cm³/mol. The number of aromatic nitrogens is 1. The Morgan fingerprint density at radius 1 is 0.875 bits per heavy atom. The standard InChI is InChI=1S/C33H30N2O4S/c1-22(12-13-23-8-4-3-5-9-23)39-30-19-26(16-17-29(30)38-2)34-21-25-15-14-24(18-28(25)32(34)36)20-35-33(37)27-10-6-7-11-31(27)40-35/h3-11,14-19,22H,12-13,20-21H2,1-2H3. The van der Waals surface area contributed by atoms with Crippen LogP contribution in [0.25, 0.3) is 10.1 Å². The van der Waals surface area contributed by atoms with Gasteiger partial charge in [0.25, 0.3) is 11.5 Å². The molecule has 1 atom stereocenters. The molecular weight excluding hydrogens is 520 g/mol. The third-order valence-electron chi connectivity index (χ3n) is 7.33. The molecule has 0 spiro atoms. The van der Waals surface area contributed by atoms with Crippen LogP contribution in [-0.2, 0) is 19.5 Å². The summed E-state index contributed by atoms with van der Waals surface area (Å²) < 4.78 is 14.6. The van der Waals surface area contributed by atoms with Gasteiger partial charge in [0.1, 0.15) is 0 Å². The Balaban J connectivity index is 1.19. The molecule has 40 heavy (non-hydrogen) atoms. The largest absolute Gasteiger partial charge is 0.493 e. The van der Waals surface area contributed by atoms with Crippen molar-refractivity contribution in [2.45, 2.75) is 39.0 Å². The fourth-order valence-corrected chi connectivity index (χ4v) is 6.18. The molecule has 6 rings (SSSR count). The average Bonchev–Trinajstić information content (AvgIpc) is 3.48. The molecule has 1 aliphatic heterocycles. The first-order chi connectivity index (χ1) is 19.5. The molecule has 4 aromatic carbocycles. The fourth-order valence-electron chi connectivity index (χ4n) is 5.16. The minimum atomic E-state index is -0.0613. The maximum Gasteiger partial charge on any atom is 0.268 e. The van der Waals surface area contributed by atoms with E-state index in [0.29, 0.717) is 30.2 Å². The van der Waals surface area contributed by atoms with Crippen LogP contribution in [0, 0.1) is 0 Å². The Hall–Kier alpha value is -4.36. The lowest BCUT2D eigenvalue weighted by molar-refractivity contribution is 0.0996. The van der Waals surface area contributed by atoms with Gasteiger partial charge in [-0.05, 0) is 66.8 Å². The number of amides is 1. The molecule has 2 heterocycles. The van der Waals surface area contributed by atoms with Crippen LogP contribution in [-0.4, -0.2) is 23.1 Å². The quantitative estimate of drug-likeness (QED) is 0.205. The van der Waals surface area contributed by atoms with Crippen LogP contribution in [0.3, 0.4) is 0 Å². The van der Waals surface area contributed by atoms with E-state index in [9.17, 15) is 9.59 Å². The van der Waals surface area contributed by atoms with Crippen LogP contribution < -0.4 is 19.9 Å². The second kappa shape index (κ2) is 11.0. The summed E-state index contributed by atoms with van der Waals surface area (Å²) in [5.74, 6) is 1.19. The van der Waals surface area contributed by atoms with E-state index in [1.54, 1.807) is 16.0 Å². The lowest BCUT2D eigenvalue weighted by Crippen LogP contribution is -2.23. The summed E-state index contributed by atoms with van der Waals surface area (Å²) in [6.45, 7) is 2.96. The van der Waals surface area contributed by atoms with Crippen molar-refractivity contribution < 1.29 is 14.3 Å². The number of carbonyl (C=O) groups is 1. The summed E-state index contributed by atoms with van der Waals surface area (Å²) in [7, 11) is 1.62. The van der Waals surface area contributed by atoms with Crippen molar-refractivity contribution in [3.63, 3.8) is 0 Å². The summed E-state index contributed by atoms with van der Waals surface area (Å²) in [6, 6.07) is 29.5. The first-order valence-electron chi connectivity index (χ1n) is 13.4. The van der Waals surface area contributed by atoms with Crippen LogP contribution in [0.1, 0.15) is 40.4 Å². The number of benzene rings is 4. The van der Waals surface area contributed by atoms with Crippen LogP contribution in [0.4, 0.5) is 5.69 Å². The average molecular weight is 551 g/mol. The molecule has 6 nitrogen and oxygen atoms in total. The summed E-state index contributed by atoms with van der Waals surface area (Å²) in [6.07, 6.45) is 1.74. The summed E-state index contributed by atoms with van der Waals surface area (Å²) in [5.41, 5.74) is 4.59. The molecule has 1 aromatic heterocycles. The smallest absolute Gasteiger partial charge is 0.268 e. The van der Waals surface area contributed by atoms with E-state index in [4.69, 9.17) is 9.47 Å². The first kappa shape index (κ1) is 25.9. The Morgan fingerprint density at radius 3 is 2.48 bits per heavy atom. The van der Waals surface area contributed by atoms with Crippen LogP contribution in [0.2, 0.25) is 0 Å². The van der Waals surface area contributed by atoms with Gasteiger partial charge in [-0.3, -0.25) is 13.5 Å². The lowest BCUT2D eigenvalue weighted by atomic mass is 10.1. The Bertz CT molecular complexity index is 1740. The molecule has 1 amide bonds. The number of anilines is 1. The minimum Gasteiger partial charge on any atom is -0.493 e. The fraction of sp³-hybridized carbons (Fsp3) is 0.212. The second-order valence-electron chi connectivity index (χ2n) is 10.1. The first-order valence-corrected chi connectivity index (χ1v) is 14.2. The van der Waals surface area contributed by atoms with Crippen LogP contribution >= 0.6 is 11.5 Å². The zero-order valence-corrected chi connectivity index (χ0v) is 23.3. The number of methoxy groups -OCH3 is 1. The number of carbonyl (C=O) groups excluding carboxylic acids is 1. The number of hydrogen-bond donors (Lipinski definition) is 0. The normalized spacial score (nSPS) is 13.4. The van der Waals surface area contributed by atoms with Gasteiger partial charge in [-0.2, -0.15) is 0 Å². The van der Waals surface area contributed by atoms with Crippen molar-refractivity contribution in [2.24, 2.45) is 0 Å². The van der Waals surface area contributed by atoms with Gasteiger partial charge in [-0.25, -0.2) is 0 Å². The van der Waals surface area contributed by atoms with E-state index in [0.717, 1.165) is 39.7 Å². The lowest BCUT2D eigenvalue weighted by Gasteiger charge is -2.21. The molecule has 0 saturated carbocycles. The van der Waals surface area contributed by atoms with Gasteiger partial charge >= 0.3 is 0 Å². The minimum absolute atomic E-state index is 0.00203. The van der Waals surface area contributed by atoms with Gasteiger partial charge in [0, 0.05) is 17.3 Å². The van der Waals surface area contributed by atoms with E-state index in [2.05, 4.69) is 19.1 Å². The maximum absolute atomic E-state index is 13.5. The number of ether oxygens (including phenoxy) is 2. The van der Waals surface area contributed by atoms with Crippen molar-refractivity contribution >= 4 is 33.2 Å². The number of aryl methyl sites for hydroxylation is 1. The number of fused-ring (bicyclic) bond motifs is 2. The van der Waals surface area contributed by atoms with Crippen molar-refractivity contribution in [3.8, 4) is 11.5 Å². The molecule has 1 unspecified atom stereocenters. The van der Waals surface area contributed by atoms with Gasteiger partial charge in [-0.1, -0.05) is 66.1 Å². The van der Waals surface area contributed by atoms with E-state index in [1.807, 2.05) is 78.9 Å². The molecule has 0 radical (unpaired) electrons. The highest BCUT2D eigenvalue weighted by Gasteiger charge is 2.29. The molecule has 0 saturated heterocycles. The Labute approximate surface area is 237 Å². The highest BCUT2D eigenvalue weighted by Crippen LogP contribution is 2.36. The van der Waals surface area contributed by atoms with Gasteiger partial charge in [-0.15, -0.1) is 0 Å². The highest BCUT2D eigenvalue weighted by atomic mass is 32.1. The van der Waals surface area contributed by atoms with Crippen molar-refractivity contribution in [1.82, 2.24) is 3.96 Å². The van der Waals surface area contributed by atoms with Gasteiger partial charge in [0.15, 0.2) is 11.5 Å². The monoisotopic (exact) mass is 550 g/mol. The van der Waals surface area contributed by atoms with Crippen LogP contribution in [0.5, 0.6) is 11.5 Å². The molecule has 5 aromatic rings. The topological polar surface area (TPSA) is 60.8 Å². The van der Waals surface area contributed by atoms with Crippen molar-refractivity contribution in [2.75, 3.05) is 12.0 Å². The summed E-state index contributed by atoms with van der Waals surface area (Å²) in [4.78, 5) is 28.1. The number of nitrogens with zero attached hydrogens (tertiary/aromatic N) is 2. The third kappa shape index (κ3) is 5.12. The van der Waals surface area contributed by atoms with E-state index < -0.39 is 0 Å². The zero-order valence-electron chi connectivity index (χ0n) is 22.5. The summed E-state index contributed by atoms with van der Waals surface area (Å²) >= 11 is 1.45. The maximum atomic E-state index is 13.5. The second-order valence-corrected chi connectivity index (χ2v) is 11.2. The van der Waals surface area contributed by atoms with E-state index in [1.165, 1.54) is 17.1 Å². The van der Waals surface area contributed by atoms with Crippen molar-refractivity contribution in [1.29, 1.82) is 0 Å². The van der Waals surface area contributed by atoms with Gasteiger partial charge in [0.05, 0.1) is 36.4 Å². The molecular formula is C33H30N2O4S. The molecule has 1 aliphatic rings. The number of rotatable bonds is 9. The van der Waals surface area contributed by atoms with Crippen molar-refractivity contribution in [3.05, 3.63) is 124 Å². The zero-order chi connectivity index (χ0) is 27.6. The third-order valence-corrected chi connectivity index (χ3v) is 8.39. The predicted octanol–water partition coefficient (Wildman–Crippen LogP) is 6.68. The Kier molecular flexibility index (Phi) is 7.13. The molecule has 0 N–H and O–H groups in total.